The summed E-state index contributed by atoms with van der Waals surface area (Å²) < 4.78 is 0. The van der Waals surface area contributed by atoms with E-state index < -0.39 is 0 Å². The van der Waals surface area contributed by atoms with Crippen LogP contribution in [0.2, 0.25) is 5.02 Å². The molecule has 0 fully saturated rings. The van der Waals surface area contributed by atoms with E-state index >= 15 is 0 Å². The molecule has 16 heavy (non-hydrogen) atoms. The smallest absolute Gasteiger partial charge is 0.268 e. The normalized spacial score (nSPS) is 12.4. The van der Waals surface area contributed by atoms with Gasteiger partial charge >= 0.3 is 0 Å². The first-order valence-electron chi connectivity index (χ1n) is 5.52. The number of aromatic nitrogens is 1. The van der Waals surface area contributed by atoms with Crippen molar-refractivity contribution in [2.45, 2.75) is 32.2 Å². The molecule has 1 heterocycles. The van der Waals surface area contributed by atoms with Gasteiger partial charge in [-0.1, -0.05) is 31.4 Å². The van der Waals surface area contributed by atoms with Crippen molar-refractivity contribution in [1.29, 1.82) is 0 Å². The molecule has 0 aliphatic heterocycles. The van der Waals surface area contributed by atoms with E-state index in [1.54, 1.807) is 12.3 Å². The molecule has 4 N–H and O–H groups in total. The molecule has 5 heteroatoms. The van der Waals surface area contributed by atoms with Crippen LogP contribution in [-0.4, -0.2) is 23.5 Å². The van der Waals surface area contributed by atoms with Gasteiger partial charge in [0.15, 0.2) is 0 Å². The number of aromatic amines is 1. The number of H-pyrrole nitrogens is 1. The van der Waals surface area contributed by atoms with E-state index in [0.717, 1.165) is 19.3 Å². The number of nitrogens with one attached hydrogen (secondary N) is 2. The Balaban J connectivity index is 2.48. The quantitative estimate of drug-likeness (QED) is 0.714. The highest BCUT2D eigenvalue weighted by molar-refractivity contribution is 6.30. The number of halogens is 1. The summed E-state index contributed by atoms with van der Waals surface area (Å²) >= 11 is 5.72. The van der Waals surface area contributed by atoms with Gasteiger partial charge in [-0.15, -0.1) is 0 Å². The topological polar surface area (TPSA) is 70.9 Å². The molecule has 0 saturated heterocycles. The second-order valence-corrected chi connectivity index (χ2v) is 4.22. The van der Waals surface area contributed by atoms with Crippen LogP contribution < -0.4 is 11.1 Å². The minimum atomic E-state index is -0.154. The van der Waals surface area contributed by atoms with Crippen LogP contribution in [0.3, 0.4) is 0 Å². The summed E-state index contributed by atoms with van der Waals surface area (Å²) in [5.41, 5.74) is 6.07. The number of hydrogen-bond acceptors (Lipinski definition) is 2. The SMILES string of the molecule is CCCCC(CN)NC(=O)c1cc(Cl)c[nH]1. The number of carbonyl (C=O) groups excluding carboxylic acids is 1. The van der Waals surface area contributed by atoms with E-state index in [2.05, 4.69) is 17.2 Å². The van der Waals surface area contributed by atoms with Gasteiger partial charge in [-0.25, -0.2) is 0 Å². The van der Waals surface area contributed by atoms with Crippen LogP contribution in [0.1, 0.15) is 36.7 Å². The van der Waals surface area contributed by atoms with Crippen LogP contribution in [0.25, 0.3) is 0 Å². The Morgan fingerprint density at radius 3 is 2.94 bits per heavy atom. The molecule has 0 aromatic carbocycles. The van der Waals surface area contributed by atoms with Gasteiger partial charge < -0.3 is 16.0 Å². The van der Waals surface area contributed by atoms with E-state index in [4.69, 9.17) is 17.3 Å². The molecule has 1 atom stereocenters. The summed E-state index contributed by atoms with van der Waals surface area (Å²) in [5.74, 6) is -0.154. The number of unbranched alkanes of at least 4 members (excludes halogenated alkanes) is 1. The van der Waals surface area contributed by atoms with Gasteiger partial charge in [-0.3, -0.25) is 4.79 Å². The van der Waals surface area contributed by atoms with Gasteiger partial charge in [0.25, 0.3) is 5.91 Å². The van der Waals surface area contributed by atoms with E-state index in [1.807, 2.05) is 0 Å². The van der Waals surface area contributed by atoms with Crippen molar-refractivity contribution in [1.82, 2.24) is 10.3 Å². The molecule has 1 rings (SSSR count). The maximum absolute atomic E-state index is 11.7. The van der Waals surface area contributed by atoms with E-state index in [1.165, 1.54) is 0 Å². The lowest BCUT2D eigenvalue weighted by atomic mass is 10.1. The van der Waals surface area contributed by atoms with Crippen LogP contribution in [0, 0.1) is 0 Å². The molecule has 0 saturated carbocycles. The molecule has 0 bridgehead atoms. The van der Waals surface area contributed by atoms with Crippen molar-refractivity contribution in [2.24, 2.45) is 5.73 Å². The van der Waals surface area contributed by atoms with Gasteiger partial charge in [-0.2, -0.15) is 0 Å². The van der Waals surface area contributed by atoms with Crippen molar-refractivity contribution in [3.05, 3.63) is 23.0 Å². The fourth-order valence-electron chi connectivity index (χ4n) is 1.46. The Kier molecular flexibility index (Phi) is 5.35. The summed E-state index contributed by atoms with van der Waals surface area (Å²) in [7, 11) is 0. The van der Waals surface area contributed by atoms with Crippen molar-refractivity contribution < 1.29 is 4.79 Å². The molecule has 1 unspecified atom stereocenters. The predicted molar refractivity (Wildman–Crippen MR) is 65.6 cm³/mol. The Labute approximate surface area is 101 Å². The molecule has 0 spiro atoms. The average Bonchev–Trinajstić information content (AvgIpc) is 2.70. The molecule has 1 aromatic heterocycles. The summed E-state index contributed by atoms with van der Waals surface area (Å²) in [6.45, 7) is 2.57. The van der Waals surface area contributed by atoms with E-state index in [0.29, 0.717) is 17.3 Å². The average molecular weight is 244 g/mol. The molecular formula is C11H18ClN3O. The largest absolute Gasteiger partial charge is 0.356 e. The lowest BCUT2D eigenvalue weighted by Gasteiger charge is -2.15. The molecule has 0 radical (unpaired) electrons. The molecule has 1 amide bonds. The Hall–Kier alpha value is -1.00. The first-order chi connectivity index (χ1) is 7.67. The lowest BCUT2D eigenvalue weighted by Crippen LogP contribution is -2.40. The van der Waals surface area contributed by atoms with Gasteiger partial charge in [0.05, 0.1) is 5.02 Å². The Bertz CT molecular complexity index is 338. The first-order valence-corrected chi connectivity index (χ1v) is 5.90. The minimum absolute atomic E-state index is 0.0366. The standard InChI is InChI=1S/C11H18ClN3O/c1-2-3-4-9(6-13)15-11(16)10-5-8(12)7-14-10/h5,7,9,14H,2-4,6,13H2,1H3,(H,15,16). The third-order valence-corrected chi connectivity index (χ3v) is 2.64. The number of amides is 1. The zero-order valence-electron chi connectivity index (χ0n) is 9.42. The Morgan fingerprint density at radius 2 is 2.44 bits per heavy atom. The maximum Gasteiger partial charge on any atom is 0.268 e. The predicted octanol–water partition coefficient (Wildman–Crippen LogP) is 1.92. The first kappa shape index (κ1) is 13.1. The highest BCUT2D eigenvalue weighted by Gasteiger charge is 2.13. The van der Waals surface area contributed by atoms with Crippen molar-refractivity contribution in [2.75, 3.05) is 6.54 Å². The fraction of sp³-hybridized carbons (Fsp3) is 0.545. The summed E-state index contributed by atoms with van der Waals surface area (Å²) in [4.78, 5) is 14.5. The molecular weight excluding hydrogens is 226 g/mol. The van der Waals surface area contributed by atoms with E-state index in [9.17, 15) is 4.79 Å². The monoisotopic (exact) mass is 243 g/mol. The van der Waals surface area contributed by atoms with Crippen LogP contribution in [0.4, 0.5) is 0 Å². The number of nitrogens with two attached hydrogens (primary N) is 1. The second-order valence-electron chi connectivity index (χ2n) is 3.78. The summed E-state index contributed by atoms with van der Waals surface area (Å²) in [5, 5.41) is 3.41. The third kappa shape index (κ3) is 3.87. The zero-order chi connectivity index (χ0) is 12.0. The minimum Gasteiger partial charge on any atom is -0.356 e. The fourth-order valence-corrected chi connectivity index (χ4v) is 1.63. The van der Waals surface area contributed by atoms with Crippen LogP contribution in [0.15, 0.2) is 12.3 Å². The molecule has 4 nitrogen and oxygen atoms in total. The van der Waals surface area contributed by atoms with Crippen molar-refractivity contribution in [3.8, 4) is 0 Å². The highest BCUT2D eigenvalue weighted by atomic mass is 35.5. The summed E-state index contributed by atoms with van der Waals surface area (Å²) in [6, 6.07) is 1.64. The van der Waals surface area contributed by atoms with Crippen molar-refractivity contribution in [3.63, 3.8) is 0 Å². The van der Waals surface area contributed by atoms with E-state index in [-0.39, 0.29) is 11.9 Å². The van der Waals surface area contributed by atoms with Crippen molar-refractivity contribution >= 4 is 17.5 Å². The van der Waals surface area contributed by atoms with Crippen LogP contribution >= 0.6 is 11.6 Å². The number of carbonyl (C=O) groups is 1. The van der Waals surface area contributed by atoms with Crippen LogP contribution in [-0.2, 0) is 0 Å². The van der Waals surface area contributed by atoms with Gasteiger partial charge in [0, 0.05) is 18.8 Å². The van der Waals surface area contributed by atoms with Gasteiger partial charge in [0.2, 0.25) is 0 Å². The van der Waals surface area contributed by atoms with Gasteiger partial charge in [-0.05, 0) is 12.5 Å². The lowest BCUT2D eigenvalue weighted by molar-refractivity contribution is 0.0931. The Morgan fingerprint density at radius 1 is 1.69 bits per heavy atom. The van der Waals surface area contributed by atoms with Crippen LogP contribution in [0.5, 0.6) is 0 Å². The molecule has 90 valence electrons. The maximum atomic E-state index is 11.7. The molecule has 0 aliphatic rings. The number of hydrogen-bond donors (Lipinski definition) is 3. The zero-order valence-corrected chi connectivity index (χ0v) is 10.2. The third-order valence-electron chi connectivity index (χ3n) is 2.42. The number of rotatable bonds is 6. The van der Waals surface area contributed by atoms with Gasteiger partial charge in [0.1, 0.15) is 5.69 Å². The molecule has 1 aromatic rings. The second kappa shape index (κ2) is 6.55. The molecule has 0 aliphatic carbocycles. The summed E-state index contributed by atoms with van der Waals surface area (Å²) in [6.07, 6.45) is 4.65. The highest BCUT2D eigenvalue weighted by Crippen LogP contribution is 2.09.